The monoisotopic (exact) mass is 272 g/mol. The van der Waals surface area contributed by atoms with Crippen LogP contribution in [0.15, 0.2) is 54.6 Å². The SMILES string of the molecule is COc1cccc(C(=O)OC(CO)c2ccccc2)c1. The Balaban J connectivity index is 2.13. The average Bonchev–Trinajstić information content (AvgIpc) is 2.53. The first-order valence-electron chi connectivity index (χ1n) is 6.25. The molecule has 2 aromatic carbocycles. The number of rotatable bonds is 5. The fourth-order valence-electron chi connectivity index (χ4n) is 1.83. The third-order valence-electron chi connectivity index (χ3n) is 2.89. The van der Waals surface area contributed by atoms with Gasteiger partial charge >= 0.3 is 5.97 Å². The quantitative estimate of drug-likeness (QED) is 0.850. The summed E-state index contributed by atoms with van der Waals surface area (Å²) in [5.74, 6) is 0.0894. The van der Waals surface area contributed by atoms with Crippen molar-refractivity contribution in [2.75, 3.05) is 13.7 Å². The predicted molar refractivity (Wildman–Crippen MR) is 74.7 cm³/mol. The molecule has 0 fully saturated rings. The van der Waals surface area contributed by atoms with Crippen LogP contribution in [0.3, 0.4) is 0 Å². The molecule has 2 rings (SSSR count). The third kappa shape index (κ3) is 3.36. The lowest BCUT2D eigenvalue weighted by molar-refractivity contribution is 0.0132. The second-order valence-electron chi connectivity index (χ2n) is 4.22. The van der Waals surface area contributed by atoms with Crippen molar-refractivity contribution in [1.82, 2.24) is 0 Å². The fourth-order valence-corrected chi connectivity index (χ4v) is 1.83. The molecule has 2 aromatic rings. The van der Waals surface area contributed by atoms with Crippen molar-refractivity contribution in [2.45, 2.75) is 6.10 Å². The molecule has 104 valence electrons. The van der Waals surface area contributed by atoms with Crippen molar-refractivity contribution in [3.05, 3.63) is 65.7 Å². The summed E-state index contributed by atoms with van der Waals surface area (Å²) in [7, 11) is 1.53. The number of aliphatic hydroxyl groups is 1. The van der Waals surface area contributed by atoms with E-state index in [-0.39, 0.29) is 6.61 Å². The van der Waals surface area contributed by atoms with Crippen molar-refractivity contribution >= 4 is 5.97 Å². The molecular weight excluding hydrogens is 256 g/mol. The van der Waals surface area contributed by atoms with Gasteiger partial charge in [0.15, 0.2) is 6.10 Å². The van der Waals surface area contributed by atoms with E-state index in [1.54, 1.807) is 36.4 Å². The number of aliphatic hydroxyl groups excluding tert-OH is 1. The molecule has 1 N–H and O–H groups in total. The van der Waals surface area contributed by atoms with Gasteiger partial charge in [0.25, 0.3) is 0 Å². The highest BCUT2D eigenvalue weighted by molar-refractivity contribution is 5.90. The minimum Gasteiger partial charge on any atom is -0.497 e. The minimum absolute atomic E-state index is 0.264. The lowest BCUT2D eigenvalue weighted by Crippen LogP contribution is -2.14. The summed E-state index contributed by atoms with van der Waals surface area (Å²) in [5.41, 5.74) is 1.14. The van der Waals surface area contributed by atoms with Crippen LogP contribution in [0.25, 0.3) is 0 Å². The Morgan fingerprint density at radius 2 is 1.90 bits per heavy atom. The third-order valence-corrected chi connectivity index (χ3v) is 2.89. The molecule has 0 amide bonds. The average molecular weight is 272 g/mol. The minimum atomic E-state index is -0.671. The Morgan fingerprint density at radius 1 is 1.15 bits per heavy atom. The first-order chi connectivity index (χ1) is 9.74. The van der Waals surface area contributed by atoms with Crippen LogP contribution < -0.4 is 4.74 Å². The van der Waals surface area contributed by atoms with E-state index in [4.69, 9.17) is 9.47 Å². The van der Waals surface area contributed by atoms with E-state index in [0.717, 1.165) is 5.56 Å². The number of hydrogen-bond acceptors (Lipinski definition) is 4. The highest BCUT2D eigenvalue weighted by Crippen LogP contribution is 2.20. The molecule has 0 bridgehead atoms. The molecule has 0 radical (unpaired) electrons. The molecular formula is C16H16O4. The van der Waals surface area contributed by atoms with Gasteiger partial charge in [-0.2, -0.15) is 0 Å². The lowest BCUT2D eigenvalue weighted by atomic mass is 10.1. The standard InChI is InChI=1S/C16H16O4/c1-19-14-9-5-8-13(10-14)16(18)20-15(11-17)12-6-3-2-4-7-12/h2-10,15,17H,11H2,1H3. The van der Waals surface area contributed by atoms with Crippen molar-refractivity contribution in [2.24, 2.45) is 0 Å². The summed E-state index contributed by atoms with van der Waals surface area (Å²) in [6.45, 7) is -0.264. The van der Waals surface area contributed by atoms with Crippen molar-refractivity contribution < 1.29 is 19.4 Å². The lowest BCUT2D eigenvalue weighted by Gasteiger charge is -2.16. The largest absolute Gasteiger partial charge is 0.497 e. The molecule has 0 aliphatic rings. The molecule has 1 unspecified atom stereocenters. The molecule has 1 atom stereocenters. The van der Waals surface area contributed by atoms with Gasteiger partial charge in [-0.25, -0.2) is 4.79 Å². The van der Waals surface area contributed by atoms with Crippen LogP contribution in [-0.4, -0.2) is 24.8 Å². The van der Waals surface area contributed by atoms with Gasteiger partial charge in [0, 0.05) is 0 Å². The van der Waals surface area contributed by atoms with E-state index in [1.165, 1.54) is 7.11 Å². The number of hydrogen-bond donors (Lipinski definition) is 1. The number of ether oxygens (including phenoxy) is 2. The molecule has 0 saturated heterocycles. The van der Waals surface area contributed by atoms with Crippen LogP contribution in [0.1, 0.15) is 22.0 Å². The Kier molecular flexibility index (Phi) is 4.74. The van der Waals surface area contributed by atoms with E-state index in [9.17, 15) is 9.90 Å². The Hall–Kier alpha value is -2.33. The highest BCUT2D eigenvalue weighted by Gasteiger charge is 2.17. The maximum Gasteiger partial charge on any atom is 0.338 e. The zero-order valence-corrected chi connectivity index (χ0v) is 11.2. The molecule has 4 nitrogen and oxygen atoms in total. The first kappa shape index (κ1) is 14.1. The number of carbonyl (C=O) groups is 1. The maximum atomic E-state index is 12.1. The molecule has 0 heterocycles. The Morgan fingerprint density at radius 3 is 2.55 bits per heavy atom. The maximum absolute atomic E-state index is 12.1. The summed E-state index contributed by atoms with van der Waals surface area (Å²) in [5, 5.41) is 9.37. The number of carbonyl (C=O) groups excluding carboxylic acids is 1. The summed E-state index contributed by atoms with van der Waals surface area (Å²) < 4.78 is 10.4. The second kappa shape index (κ2) is 6.73. The zero-order valence-electron chi connectivity index (χ0n) is 11.2. The predicted octanol–water partition coefficient (Wildman–Crippen LogP) is 2.59. The molecule has 0 saturated carbocycles. The van der Waals surface area contributed by atoms with Gasteiger partial charge in [-0.15, -0.1) is 0 Å². The van der Waals surface area contributed by atoms with E-state index in [1.807, 2.05) is 18.2 Å². The normalized spacial score (nSPS) is 11.7. The van der Waals surface area contributed by atoms with Gasteiger partial charge in [-0.05, 0) is 23.8 Å². The van der Waals surface area contributed by atoms with E-state index in [0.29, 0.717) is 11.3 Å². The van der Waals surface area contributed by atoms with E-state index >= 15 is 0 Å². The second-order valence-corrected chi connectivity index (χ2v) is 4.22. The van der Waals surface area contributed by atoms with Crippen LogP contribution >= 0.6 is 0 Å². The van der Waals surface area contributed by atoms with Gasteiger partial charge in [0.2, 0.25) is 0 Å². The van der Waals surface area contributed by atoms with E-state index in [2.05, 4.69) is 0 Å². The zero-order chi connectivity index (χ0) is 14.4. The van der Waals surface area contributed by atoms with Gasteiger partial charge < -0.3 is 14.6 Å². The fraction of sp³-hybridized carbons (Fsp3) is 0.188. The van der Waals surface area contributed by atoms with Crippen LogP contribution in [0.4, 0.5) is 0 Å². The van der Waals surface area contributed by atoms with Crippen LogP contribution in [-0.2, 0) is 4.74 Å². The summed E-state index contributed by atoms with van der Waals surface area (Å²) in [4.78, 5) is 12.1. The van der Waals surface area contributed by atoms with Gasteiger partial charge in [0.1, 0.15) is 5.75 Å². The molecule has 4 heteroatoms. The van der Waals surface area contributed by atoms with Crippen molar-refractivity contribution in [3.8, 4) is 5.75 Å². The van der Waals surface area contributed by atoms with Gasteiger partial charge in [-0.1, -0.05) is 36.4 Å². The highest BCUT2D eigenvalue weighted by atomic mass is 16.6. The van der Waals surface area contributed by atoms with E-state index < -0.39 is 12.1 Å². The van der Waals surface area contributed by atoms with Crippen LogP contribution in [0, 0.1) is 0 Å². The number of esters is 1. The summed E-state index contributed by atoms with van der Waals surface area (Å²) in [6, 6.07) is 15.8. The topological polar surface area (TPSA) is 55.8 Å². The smallest absolute Gasteiger partial charge is 0.338 e. The molecule has 0 aliphatic carbocycles. The number of methoxy groups -OCH3 is 1. The molecule has 20 heavy (non-hydrogen) atoms. The summed E-state index contributed by atoms with van der Waals surface area (Å²) >= 11 is 0. The molecule has 0 aliphatic heterocycles. The van der Waals surface area contributed by atoms with Gasteiger partial charge in [0.05, 0.1) is 19.3 Å². The van der Waals surface area contributed by atoms with Crippen LogP contribution in [0.5, 0.6) is 5.75 Å². The van der Waals surface area contributed by atoms with Crippen molar-refractivity contribution in [3.63, 3.8) is 0 Å². The van der Waals surface area contributed by atoms with Crippen molar-refractivity contribution in [1.29, 1.82) is 0 Å². The van der Waals surface area contributed by atoms with Crippen LogP contribution in [0.2, 0.25) is 0 Å². The number of benzene rings is 2. The first-order valence-corrected chi connectivity index (χ1v) is 6.25. The Labute approximate surface area is 117 Å². The van der Waals surface area contributed by atoms with Gasteiger partial charge in [-0.3, -0.25) is 0 Å². The molecule has 0 spiro atoms. The Bertz CT molecular complexity index is 566. The summed E-state index contributed by atoms with van der Waals surface area (Å²) in [6.07, 6.45) is -0.671. The molecule has 0 aromatic heterocycles.